The molecule has 1 aromatic carbocycles. The lowest BCUT2D eigenvalue weighted by Gasteiger charge is -2.05. The lowest BCUT2D eigenvalue weighted by molar-refractivity contribution is -0.128. The van der Waals surface area contributed by atoms with Crippen LogP contribution in [0.4, 0.5) is 0 Å². The molecule has 0 radical (unpaired) electrons. The summed E-state index contributed by atoms with van der Waals surface area (Å²) < 4.78 is 25.5. The number of primary amides is 1. The molecule has 8 heteroatoms. The van der Waals surface area contributed by atoms with Crippen LogP contribution in [0.15, 0.2) is 39.4 Å². The molecule has 0 bridgehead atoms. The van der Waals surface area contributed by atoms with Gasteiger partial charge < -0.3 is 10.8 Å². The maximum atomic E-state index is 12.8. The summed E-state index contributed by atoms with van der Waals surface area (Å²) in [6.07, 6.45) is 0.568. The van der Waals surface area contributed by atoms with Crippen LogP contribution in [0, 0.1) is 6.92 Å². The molecule has 0 unspecified atom stereocenters. The Hall–Kier alpha value is -2.03. The molecule has 0 spiro atoms. The van der Waals surface area contributed by atoms with Crippen molar-refractivity contribution >= 4 is 32.9 Å². The minimum atomic E-state index is -3.81. The Balaban J connectivity index is 1.99. The second-order valence-electron chi connectivity index (χ2n) is 6.21. The highest BCUT2D eigenvalue weighted by Gasteiger charge is 2.47. The molecule has 1 aliphatic carbocycles. The number of rotatable bonds is 6. The molecule has 1 saturated carbocycles. The fraction of sp³-hybridized carbons (Fsp3) is 0.294. The van der Waals surface area contributed by atoms with E-state index in [4.69, 9.17) is 5.73 Å². The van der Waals surface area contributed by atoms with Gasteiger partial charge in [-0.1, -0.05) is 17.7 Å². The Morgan fingerprint density at radius 2 is 1.84 bits per heavy atom. The average Bonchev–Trinajstić information content (AvgIpc) is 3.15. The topological polar surface area (TPSA) is 115 Å². The van der Waals surface area contributed by atoms with Gasteiger partial charge in [-0.15, -0.1) is 11.3 Å². The van der Waals surface area contributed by atoms with Crippen LogP contribution in [0.25, 0.3) is 0 Å². The van der Waals surface area contributed by atoms with E-state index in [1.165, 1.54) is 18.2 Å². The monoisotopic (exact) mass is 379 g/mol. The van der Waals surface area contributed by atoms with Crippen LogP contribution in [-0.4, -0.2) is 30.8 Å². The second kappa shape index (κ2) is 6.05. The largest absolute Gasteiger partial charge is 0.382 e. The van der Waals surface area contributed by atoms with E-state index in [-0.39, 0.29) is 26.0 Å². The van der Waals surface area contributed by atoms with Gasteiger partial charge in [0.2, 0.25) is 15.7 Å². The van der Waals surface area contributed by atoms with Crippen molar-refractivity contribution in [1.29, 1.82) is 0 Å². The molecule has 1 amide bonds. The molecule has 6 nitrogen and oxygen atoms in total. The lowest BCUT2D eigenvalue weighted by atomic mass is 10.1. The van der Waals surface area contributed by atoms with Gasteiger partial charge in [0, 0.05) is 11.3 Å². The van der Waals surface area contributed by atoms with Crippen molar-refractivity contribution in [1.82, 2.24) is 0 Å². The Morgan fingerprint density at radius 1 is 1.24 bits per heavy atom. The van der Waals surface area contributed by atoms with Gasteiger partial charge in [-0.05, 0) is 38.0 Å². The van der Waals surface area contributed by atoms with Gasteiger partial charge in [-0.2, -0.15) is 0 Å². The third-order valence-electron chi connectivity index (χ3n) is 4.21. The standard InChI is InChI=1S/C17H17NO5S2/c1-10-2-4-11(5-3-10)25(22,23)15-8-12(16(18)20)13(24-15)9-14(19)17(21)6-7-17/h2-5,8,21H,6-7,9H2,1H3,(H2,18,20). The van der Waals surface area contributed by atoms with Gasteiger partial charge in [0.25, 0.3) is 0 Å². The average molecular weight is 379 g/mol. The maximum Gasteiger partial charge on any atom is 0.249 e. The van der Waals surface area contributed by atoms with Crippen molar-refractivity contribution in [2.45, 2.75) is 40.9 Å². The van der Waals surface area contributed by atoms with Crippen LogP contribution in [0.1, 0.15) is 33.6 Å². The number of aryl methyl sites for hydroxylation is 1. The Morgan fingerprint density at radius 3 is 2.36 bits per heavy atom. The quantitative estimate of drug-likeness (QED) is 0.791. The van der Waals surface area contributed by atoms with E-state index < -0.39 is 27.1 Å². The minimum absolute atomic E-state index is 0.00767. The number of hydrogen-bond donors (Lipinski definition) is 2. The molecule has 132 valence electrons. The Labute approximate surface area is 149 Å². The first-order valence-electron chi connectivity index (χ1n) is 7.63. The van der Waals surface area contributed by atoms with Gasteiger partial charge in [0.05, 0.1) is 10.5 Å². The van der Waals surface area contributed by atoms with Gasteiger partial charge in [-0.25, -0.2) is 8.42 Å². The summed E-state index contributed by atoms with van der Waals surface area (Å²) >= 11 is 0.845. The SMILES string of the molecule is Cc1ccc(S(=O)(=O)c2cc(C(N)=O)c(CC(=O)C3(O)CC3)s2)cc1. The fourth-order valence-electron chi connectivity index (χ4n) is 2.42. The van der Waals surface area contributed by atoms with Crippen molar-refractivity contribution in [3.05, 3.63) is 46.3 Å². The van der Waals surface area contributed by atoms with Crippen LogP contribution < -0.4 is 5.73 Å². The van der Waals surface area contributed by atoms with Crippen LogP contribution in [-0.2, 0) is 21.1 Å². The second-order valence-corrected chi connectivity index (χ2v) is 9.53. The van der Waals surface area contributed by atoms with Crippen molar-refractivity contribution in [3.63, 3.8) is 0 Å². The number of carbonyl (C=O) groups excluding carboxylic acids is 2. The van der Waals surface area contributed by atoms with E-state index in [0.29, 0.717) is 12.8 Å². The highest BCUT2D eigenvalue weighted by molar-refractivity contribution is 7.93. The van der Waals surface area contributed by atoms with Gasteiger partial charge in [0.1, 0.15) is 9.81 Å². The van der Waals surface area contributed by atoms with E-state index in [0.717, 1.165) is 16.9 Å². The number of aliphatic hydroxyl groups is 1. The zero-order chi connectivity index (χ0) is 18.4. The predicted octanol–water partition coefficient (Wildman–Crippen LogP) is 1.62. The number of hydrogen-bond acceptors (Lipinski definition) is 6. The summed E-state index contributed by atoms with van der Waals surface area (Å²) in [6.45, 7) is 1.85. The first-order valence-corrected chi connectivity index (χ1v) is 9.93. The van der Waals surface area contributed by atoms with E-state index >= 15 is 0 Å². The van der Waals surface area contributed by atoms with Crippen molar-refractivity contribution in [3.8, 4) is 0 Å². The summed E-state index contributed by atoms with van der Waals surface area (Å²) in [5.41, 5.74) is 4.92. The highest BCUT2D eigenvalue weighted by Crippen LogP contribution is 2.38. The number of nitrogens with two attached hydrogens (primary N) is 1. The van der Waals surface area contributed by atoms with Crippen LogP contribution in [0.3, 0.4) is 0 Å². The molecule has 3 N–H and O–H groups in total. The molecular formula is C17H17NO5S2. The molecule has 1 fully saturated rings. The van der Waals surface area contributed by atoms with E-state index in [2.05, 4.69) is 0 Å². The van der Waals surface area contributed by atoms with Crippen LogP contribution >= 0.6 is 11.3 Å². The van der Waals surface area contributed by atoms with Crippen LogP contribution in [0.5, 0.6) is 0 Å². The zero-order valence-corrected chi connectivity index (χ0v) is 15.1. The summed E-state index contributed by atoms with van der Waals surface area (Å²) in [4.78, 5) is 24.1. The van der Waals surface area contributed by atoms with E-state index in [9.17, 15) is 23.1 Å². The fourth-order valence-corrected chi connectivity index (χ4v) is 5.34. The van der Waals surface area contributed by atoms with Gasteiger partial charge in [-0.3, -0.25) is 9.59 Å². The Bertz CT molecular complexity index is 953. The van der Waals surface area contributed by atoms with Gasteiger partial charge >= 0.3 is 0 Å². The smallest absolute Gasteiger partial charge is 0.249 e. The molecular weight excluding hydrogens is 362 g/mol. The molecule has 1 aromatic heterocycles. The normalized spacial score (nSPS) is 15.8. The number of amides is 1. The molecule has 25 heavy (non-hydrogen) atoms. The third kappa shape index (κ3) is 3.37. The maximum absolute atomic E-state index is 12.8. The number of benzene rings is 1. The molecule has 0 aliphatic heterocycles. The number of sulfone groups is 1. The van der Waals surface area contributed by atoms with Gasteiger partial charge in [0.15, 0.2) is 5.78 Å². The molecule has 2 aromatic rings. The highest BCUT2D eigenvalue weighted by atomic mass is 32.2. The summed E-state index contributed by atoms with van der Waals surface area (Å²) in [5, 5.41) is 9.88. The molecule has 1 heterocycles. The number of ketones is 1. The predicted molar refractivity (Wildman–Crippen MR) is 92.4 cm³/mol. The third-order valence-corrected chi connectivity index (χ3v) is 7.59. The van der Waals surface area contributed by atoms with Crippen molar-refractivity contribution in [2.75, 3.05) is 0 Å². The van der Waals surface area contributed by atoms with Crippen LogP contribution in [0.2, 0.25) is 0 Å². The number of thiophene rings is 1. The lowest BCUT2D eigenvalue weighted by Crippen LogP contribution is -2.24. The molecule has 1 aliphatic rings. The van der Waals surface area contributed by atoms with E-state index in [1.54, 1.807) is 12.1 Å². The molecule has 0 atom stereocenters. The number of carbonyl (C=O) groups is 2. The first-order chi connectivity index (χ1) is 11.6. The first kappa shape index (κ1) is 17.8. The summed E-state index contributed by atoms with van der Waals surface area (Å²) in [6, 6.07) is 7.56. The van der Waals surface area contributed by atoms with E-state index in [1.807, 2.05) is 6.92 Å². The Kier molecular flexibility index (Phi) is 4.30. The summed E-state index contributed by atoms with van der Waals surface area (Å²) in [5.74, 6) is -1.22. The molecule has 3 rings (SSSR count). The minimum Gasteiger partial charge on any atom is -0.382 e. The zero-order valence-electron chi connectivity index (χ0n) is 13.5. The summed E-state index contributed by atoms with van der Waals surface area (Å²) in [7, 11) is -3.81. The number of Topliss-reactive ketones (excluding diaryl/α,β-unsaturated/α-hetero) is 1. The molecule has 0 saturated heterocycles. The van der Waals surface area contributed by atoms with Crippen molar-refractivity contribution < 1.29 is 23.1 Å². The van der Waals surface area contributed by atoms with Crippen molar-refractivity contribution in [2.24, 2.45) is 5.73 Å².